The van der Waals surface area contributed by atoms with Crippen molar-refractivity contribution >= 4 is 15.9 Å². The molecular weight excluding hydrogens is 276 g/mol. The molecule has 0 aromatic heterocycles. The van der Waals surface area contributed by atoms with Crippen LogP contribution in [0.5, 0.6) is 0 Å². The molecule has 1 aromatic carbocycles. The summed E-state index contributed by atoms with van der Waals surface area (Å²) < 4.78 is 24.5. The summed E-state index contributed by atoms with van der Waals surface area (Å²) in [6.07, 6.45) is 0.880. The Kier molecular flexibility index (Phi) is 4.45. The molecule has 0 fully saturated rings. The lowest BCUT2D eigenvalue weighted by molar-refractivity contribution is -0.131. The fraction of sp³-hybridized carbons (Fsp3) is 0.500. The number of carbonyl (C=O) groups is 1. The van der Waals surface area contributed by atoms with E-state index >= 15 is 0 Å². The average molecular weight is 296 g/mol. The maximum atomic E-state index is 12.1. The number of amides is 1. The van der Waals surface area contributed by atoms with Crippen molar-refractivity contribution in [3.8, 4) is 0 Å². The zero-order valence-electron chi connectivity index (χ0n) is 11.9. The van der Waals surface area contributed by atoms with E-state index < -0.39 is 10.0 Å². The molecule has 0 atom stereocenters. The zero-order valence-corrected chi connectivity index (χ0v) is 12.7. The van der Waals surface area contributed by atoms with Crippen LogP contribution in [0.3, 0.4) is 0 Å². The Balaban J connectivity index is 1.96. The van der Waals surface area contributed by atoms with Crippen LogP contribution in [-0.2, 0) is 27.8 Å². The van der Waals surface area contributed by atoms with Crippen molar-refractivity contribution in [3.05, 3.63) is 35.4 Å². The lowest BCUT2D eigenvalue weighted by Crippen LogP contribution is -2.37. The van der Waals surface area contributed by atoms with Crippen molar-refractivity contribution in [2.24, 2.45) is 0 Å². The molecule has 20 heavy (non-hydrogen) atoms. The minimum Gasteiger partial charge on any atom is -0.338 e. The van der Waals surface area contributed by atoms with Gasteiger partial charge in [0.05, 0.1) is 5.75 Å². The Morgan fingerprint density at radius 3 is 2.55 bits per heavy atom. The summed E-state index contributed by atoms with van der Waals surface area (Å²) >= 11 is 0. The number of hydrogen-bond donors (Lipinski definition) is 0. The smallest absolute Gasteiger partial charge is 0.223 e. The average Bonchev–Trinajstić information content (AvgIpc) is 2.44. The third-order valence-electron chi connectivity index (χ3n) is 3.61. The first-order valence-electron chi connectivity index (χ1n) is 6.65. The van der Waals surface area contributed by atoms with E-state index in [9.17, 15) is 13.2 Å². The second kappa shape index (κ2) is 5.93. The number of sulfonamides is 1. The molecule has 0 saturated carbocycles. The van der Waals surface area contributed by atoms with E-state index in [4.69, 9.17) is 0 Å². The summed E-state index contributed by atoms with van der Waals surface area (Å²) in [5.74, 6) is -0.221. The van der Waals surface area contributed by atoms with E-state index in [1.54, 1.807) is 4.90 Å². The predicted octanol–water partition coefficient (Wildman–Crippen LogP) is 0.853. The monoisotopic (exact) mass is 296 g/mol. The summed E-state index contributed by atoms with van der Waals surface area (Å²) in [5.41, 5.74) is 2.43. The van der Waals surface area contributed by atoms with Crippen LogP contribution in [0.2, 0.25) is 0 Å². The van der Waals surface area contributed by atoms with Crippen LogP contribution in [-0.4, -0.2) is 49.9 Å². The number of rotatable bonds is 4. The molecule has 0 N–H and O–H groups in total. The molecule has 1 heterocycles. The van der Waals surface area contributed by atoms with E-state index in [1.807, 2.05) is 18.2 Å². The summed E-state index contributed by atoms with van der Waals surface area (Å²) in [6.45, 7) is 1.24. The van der Waals surface area contributed by atoms with Gasteiger partial charge >= 0.3 is 0 Å². The predicted molar refractivity (Wildman–Crippen MR) is 77.7 cm³/mol. The third kappa shape index (κ3) is 3.37. The topological polar surface area (TPSA) is 57.7 Å². The van der Waals surface area contributed by atoms with Crippen LogP contribution < -0.4 is 0 Å². The number of fused-ring (bicyclic) bond motifs is 1. The van der Waals surface area contributed by atoms with Gasteiger partial charge in [0, 0.05) is 33.6 Å². The van der Waals surface area contributed by atoms with Crippen molar-refractivity contribution in [3.63, 3.8) is 0 Å². The number of carbonyl (C=O) groups excluding carboxylic acids is 1. The number of hydrogen-bond acceptors (Lipinski definition) is 3. The highest BCUT2D eigenvalue weighted by molar-refractivity contribution is 7.89. The molecule has 1 aromatic rings. The normalized spacial score (nSPS) is 15.2. The van der Waals surface area contributed by atoms with Crippen LogP contribution in [0.25, 0.3) is 0 Å². The molecule has 0 unspecified atom stereocenters. The van der Waals surface area contributed by atoms with Gasteiger partial charge in [-0.2, -0.15) is 0 Å². The number of nitrogens with zero attached hydrogens (tertiary/aromatic N) is 2. The van der Waals surface area contributed by atoms with Gasteiger partial charge in [0.25, 0.3) is 0 Å². The van der Waals surface area contributed by atoms with Crippen molar-refractivity contribution in [2.45, 2.75) is 19.4 Å². The van der Waals surface area contributed by atoms with Gasteiger partial charge in [0.1, 0.15) is 0 Å². The second-order valence-corrected chi connectivity index (χ2v) is 7.48. The molecule has 1 amide bonds. The van der Waals surface area contributed by atoms with Crippen LogP contribution in [0, 0.1) is 0 Å². The van der Waals surface area contributed by atoms with E-state index in [-0.39, 0.29) is 18.1 Å². The van der Waals surface area contributed by atoms with Crippen molar-refractivity contribution in [1.82, 2.24) is 9.21 Å². The van der Waals surface area contributed by atoms with E-state index in [2.05, 4.69) is 6.07 Å². The molecular formula is C14H20N2O3S. The highest BCUT2D eigenvalue weighted by Gasteiger charge is 2.22. The fourth-order valence-electron chi connectivity index (χ4n) is 2.27. The van der Waals surface area contributed by atoms with E-state index in [0.29, 0.717) is 13.1 Å². The molecule has 6 heteroatoms. The van der Waals surface area contributed by atoms with E-state index in [1.165, 1.54) is 19.7 Å². The lowest BCUT2D eigenvalue weighted by Gasteiger charge is -2.29. The first-order valence-corrected chi connectivity index (χ1v) is 8.26. The molecule has 1 aliphatic rings. The van der Waals surface area contributed by atoms with Crippen molar-refractivity contribution in [1.29, 1.82) is 0 Å². The Morgan fingerprint density at radius 1 is 1.25 bits per heavy atom. The molecule has 0 spiro atoms. The van der Waals surface area contributed by atoms with Gasteiger partial charge in [-0.1, -0.05) is 24.3 Å². The summed E-state index contributed by atoms with van der Waals surface area (Å²) in [5, 5.41) is 0. The highest BCUT2D eigenvalue weighted by Crippen LogP contribution is 2.19. The molecule has 0 saturated heterocycles. The molecule has 110 valence electrons. The molecule has 2 rings (SSSR count). The lowest BCUT2D eigenvalue weighted by atomic mass is 10.00. The molecule has 0 aliphatic carbocycles. The van der Waals surface area contributed by atoms with Gasteiger partial charge in [0.15, 0.2) is 0 Å². The minimum absolute atomic E-state index is 0.0443. The Labute approximate surface area is 120 Å². The SMILES string of the molecule is CN(C)S(=O)(=O)CCC(=O)N1CCc2ccccc2C1. The largest absolute Gasteiger partial charge is 0.338 e. The van der Waals surface area contributed by atoms with Gasteiger partial charge in [-0.3, -0.25) is 4.79 Å². The standard InChI is InChI=1S/C14H20N2O3S/c1-15(2)20(18,19)10-8-14(17)16-9-7-12-5-3-4-6-13(12)11-16/h3-6H,7-11H2,1-2H3. The number of benzene rings is 1. The molecule has 0 bridgehead atoms. The highest BCUT2D eigenvalue weighted by atomic mass is 32.2. The molecule has 5 nitrogen and oxygen atoms in total. The molecule has 1 aliphatic heterocycles. The first-order chi connectivity index (χ1) is 9.40. The van der Waals surface area contributed by atoms with Crippen LogP contribution >= 0.6 is 0 Å². The minimum atomic E-state index is -3.31. The van der Waals surface area contributed by atoms with Gasteiger partial charge in [-0.15, -0.1) is 0 Å². The van der Waals surface area contributed by atoms with Gasteiger partial charge in [-0.25, -0.2) is 12.7 Å². The van der Waals surface area contributed by atoms with Crippen LogP contribution in [0.15, 0.2) is 24.3 Å². The Hall–Kier alpha value is -1.40. The van der Waals surface area contributed by atoms with Gasteiger partial charge in [0.2, 0.25) is 15.9 Å². The second-order valence-electron chi connectivity index (χ2n) is 5.18. The van der Waals surface area contributed by atoms with Gasteiger partial charge in [-0.05, 0) is 17.5 Å². The first kappa shape index (κ1) is 15.0. The Morgan fingerprint density at radius 2 is 1.90 bits per heavy atom. The maximum Gasteiger partial charge on any atom is 0.223 e. The fourth-order valence-corrected chi connectivity index (χ4v) is 3.06. The summed E-state index contributed by atoms with van der Waals surface area (Å²) in [6, 6.07) is 8.06. The van der Waals surface area contributed by atoms with Gasteiger partial charge < -0.3 is 4.90 Å². The van der Waals surface area contributed by atoms with Crippen LogP contribution in [0.4, 0.5) is 0 Å². The van der Waals surface area contributed by atoms with Crippen LogP contribution in [0.1, 0.15) is 17.5 Å². The third-order valence-corrected chi connectivity index (χ3v) is 5.45. The van der Waals surface area contributed by atoms with E-state index in [0.717, 1.165) is 16.3 Å². The summed E-state index contributed by atoms with van der Waals surface area (Å²) in [7, 11) is -0.340. The zero-order chi connectivity index (χ0) is 14.8. The summed E-state index contributed by atoms with van der Waals surface area (Å²) in [4.78, 5) is 13.9. The van der Waals surface area contributed by atoms with Crippen molar-refractivity contribution < 1.29 is 13.2 Å². The quantitative estimate of drug-likeness (QED) is 0.828. The Bertz CT molecular complexity index is 596. The molecule has 0 radical (unpaired) electrons. The van der Waals surface area contributed by atoms with Crippen molar-refractivity contribution in [2.75, 3.05) is 26.4 Å². The maximum absolute atomic E-state index is 12.1.